The third-order valence-corrected chi connectivity index (χ3v) is 7.02. The Morgan fingerprint density at radius 3 is 2.30 bits per heavy atom. The molecule has 12 heteroatoms. The summed E-state index contributed by atoms with van der Waals surface area (Å²) in [5.74, 6) is -1.93. The van der Waals surface area contributed by atoms with E-state index in [1.165, 1.54) is 21.3 Å². The zero-order valence-electron chi connectivity index (χ0n) is 16.3. The summed E-state index contributed by atoms with van der Waals surface area (Å²) in [6.07, 6.45) is -5.26. The molecule has 1 aromatic rings. The number of benzene rings is 1. The van der Waals surface area contributed by atoms with Gasteiger partial charge >= 0.3 is 18.2 Å². The van der Waals surface area contributed by atoms with Crippen LogP contribution in [-0.2, 0) is 32.5 Å². The van der Waals surface area contributed by atoms with E-state index in [-0.39, 0.29) is 57.2 Å². The van der Waals surface area contributed by atoms with Gasteiger partial charge in [-0.1, -0.05) is 6.07 Å². The van der Waals surface area contributed by atoms with Gasteiger partial charge in [0, 0.05) is 39.3 Å². The minimum absolute atomic E-state index is 0.0489. The number of rotatable bonds is 3. The normalized spacial score (nSPS) is 18.1. The first-order valence-corrected chi connectivity index (χ1v) is 10.9. The summed E-state index contributed by atoms with van der Waals surface area (Å²) in [6.45, 7) is 2.04. The van der Waals surface area contributed by atoms with Crippen molar-refractivity contribution in [1.82, 2.24) is 14.1 Å². The Balaban J connectivity index is 1.74. The van der Waals surface area contributed by atoms with Crippen molar-refractivity contribution in [3.63, 3.8) is 0 Å². The number of carbonyl (C=O) groups is 2. The number of halogens is 3. The van der Waals surface area contributed by atoms with Crippen LogP contribution in [0, 0.1) is 0 Å². The number of ether oxygens (including phenoxy) is 1. The molecule has 8 nitrogen and oxygen atoms in total. The lowest BCUT2D eigenvalue weighted by molar-refractivity contribution is -0.186. The molecule has 0 aromatic heterocycles. The van der Waals surface area contributed by atoms with Crippen LogP contribution in [0.3, 0.4) is 0 Å². The second-order valence-electron chi connectivity index (χ2n) is 7.00. The number of alkyl halides is 3. The molecule has 0 unspecified atom stereocenters. The van der Waals surface area contributed by atoms with Crippen molar-refractivity contribution in [3.8, 4) is 0 Å². The quantitative estimate of drug-likeness (QED) is 0.700. The molecule has 30 heavy (non-hydrogen) atoms. The zero-order valence-corrected chi connectivity index (χ0v) is 17.1. The molecule has 0 saturated carbocycles. The lowest BCUT2D eigenvalue weighted by atomic mass is 10.00. The summed E-state index contributed by atoms with van der Waals surface area (Å²) in [6, 6.07) is 4.33. The second kappa shape index (κ2) is 8.42. The highest BCUT2D eigenvalue weighted by molar-refractivity contribution is 7.89. The molecule has 0 N–H and O–H groups in total. The predicted molar refractivity (Wildman–Crippen MR) is 99.0 cm³/mol. The van der Waals surface area contributed by atoms with Gasteiger partial charge in [-0.15, -0.1) is 0 Å². The molecular formula is C18H22F3N3O5S. The number of piperazine rings is 1. The van der Waals surface area contributed by atoms with E-state index in [9.17, 15) is 31.2 Å². The first-order valence-electron chi connectivity index (χ1n) is 9.43. The molecule has 0 atom stereocenters. The molecule has 166 valence electrons. The Bertz CT molecular complexity index is 927. The molecular weight excluding hydrogens is 427 g/mol. The Labute approximate surface area is 172 Å². The number of sulfonamides is 1. The summed E-state index contributed by atoms with van der Waals surface area (Å²) in [7, 11) is -3.89. The first-order chi connectivity index (χ1) is 14.0. The van der Waals surface area contributed by atoms with E-state index in [1.54, 1.807) is 13.0 Å². The Hall–Kier alpha value is -2.34. The fourth-order valence-electron chi connectivity index (χ4n) is 3.52. The van der Waals surface area contributed by atoms with Crippen molar-refractivity contribution in [3.05, 3.63) is 29.3 Å². The molecule has 2 aliphatic rings. The molecule has 0 bridgehead atoms. The second-order valence-corrected chi connectivity index (χ2v) is 8.93. The maximum absolute atomic E-state index is 13.0. The van der Waals surface area contributed by atoms with Gasteiger partial charge in [-0.25, -0.2) is 13.2 Å². The van der Waals surface area contributed by atoms with Gasteiger partial charge in [0.15, 0.2) is 0 Å². The number of nitrogens with zero attached hydrogens (tertiary/aromatic N) is 3. The van der Waals surface area contributed by atoms with Crippen LogP contribution in [0.15, 0.2) is 23.1 Å². The van der Waals surface area contributed by atoms with Crippen molar-refractivity contribution in [2.24, 2.45) is 0 Å². The maximum atomic E-state index is 13.0. The third-order valence-electron chi connectivity index (χ3n) is 5.12. The maximum Gasteiger partial charge on any atom is 0.471 e. The van der Waals surface area contributed by atoms with Crippen LogP contribution in [0.25, 0.3) is 0 Å². The summed E-state index contributed by atoms with van der Waals surface area (Å²) >= 11 is 0. The largest absolute Gasteiger partial charge is 0.471 e. The van der Waals surface area contributed by atoms with Crippen LogP contribution in [0.5, 0.6) is 0 Å². The fourth-order valence-corrected chi connectivity index (χ4v) is 4.99. The summed E-state index contributed by atoms with van der Waals surface area (Å²) in [5.41, 5.74) is 1.09. The van der Waals surface area contributed by atoms with Crippen molar-refractivity contribution >= 4 is 22.0 Å². The van der Waals surface area contributed by atoms with Crippen molar-refractivity contribution in [2.45, 2.75) is 31.0 Å². The lowest BCUT2D eigenvalue weighted by Gasteiger charge is -2.34. The molecule has 2 heterocycles. The minimum atomic E-state index is -4.97. The Morgan fingerprint density at radius 2 is 1.70 bits per heavy atom. The number of hydrogen-bond acceptors (Lipinski definition) is 5. The molecule has 3 rings (SSSR count). The van der Waals surface area contributed by atoms with Crippen molar-refractivity contribution in [2.75, 3.05) is 39.3 Å². The van der Waals surface area contributed by atoms with Gasteiger partial charge in [0.25, 0.3) is 0 Å². The third kappa shape index (κ3) is 4.53. The molecule has 2 aliphatic heterocycles. The topological polar surface area (TPSA) is 87.2 Å². The number of fused-ring (bicyclic) bond motifs is 1. The highest BCUT2D eigenvalue weighted by atomic mass is 32.2. The molecule has 1 aromatic carbocycles. The van der Waals surface area contributed by atoms with Gasteiger partial charge in [0.05, 0.1) is 11.5 Å². The number of hydrogen-bond donors (Lipinski definition) is 0. The minimum Gasteiger partial charge on any atom is -0.450 e. The monoisotopic (exact) mass is 449 g/mol. The van der Waals surface area contributed by atoms with E-state index in [4.69, 9.17) is 4.74 Å². The van der Waals surface area contributed by atoms with Gasteiger partial charge in [-0.3, -0.25) is 4.79 Å². The Kier molecular flexibility index (Phi) is 6.27. The average molecular weight is 449 g/mol. The van der Waals surface area contributed by atoms with E-state index >= 15 is 0 Å². The van der Waals surface area contributed by atoms with Gasteiger partial charge in [-0.05, 0) is 36.6 Å². The fraction of sp³-hybridized carbons (Fsp3) is 0.556. The van der Waals surface area contributed by atoms with Crippen molar-refractivity contribution in [1.29, 1.82) is 0 Å². The van der Waals surface area contributed by atoms with E-state index < -0.39 is 28.2 Å². The molecule has 0 spiro atoms. The van der Waals surface area contributed by atoms with Crippen molar-refractivity contribution < 1.29 is 35.9 Å². The molecule has 0 radical (unpaired) electrons. The van der Waals surface area contributed by atoms with Gasteiger partial charge < -0.3 is 14.5 Å². The van der Waals surface area contributed by atoms with Gasteiger partial charge in [-0.2, -0.15) is 17.5 Å². The standard InChI is InChI=1S/C18H22F3N3O5S/c1-2-29-17(26)22-7-9-24(10-8-22)30(27,28)15-4-3-13-5-6-23(12-14(13)11-15)16(25)18(19,20)21/h3-4,11H,2,5-10,12H2,1H3. The van der Waals surface area contributed by atoms with Crippen LogP contribution in [-0.4, -0.2) is 80.0 Å². The lowest BCUT2D eigenvalue weighted by Crippen LogP contribution is -2.50. The smallest absolute Gasteiger partial charge is 0.450 e. The van der Waals surface area contributed by atoms with Crippen LogP contribution < -0.4 is 0 Å². The Morgan fingerprint density at radius 1 is 1.03 bits per heavy atom. The highest BCUT2D eigenvalue weighted by Gasteiger charge is 2.43. The highest BCUT2D eigenvalue weighted by Crippen LogP contribution is 2.28. The summed E-state index contributed by atoms with van der Waals surface area (Å²) in [4.78, 5) is 25.3. The zero-order chi connectivity index (χ0) is 22.1. The molecule has 2 amide bonds. The van der Waals surface area contributed by atoms with Crippen LogP contribution in [0.4, 0.5) is 18.0 Å². The van der Waals surface area contributed by atoms with Crippen LogP contribution in [0.1, 0.15) is 18.1 Å². The SMILES string of the molecule is CCOC(=O)N1CCN(S(=O)(=O)c2ccc3c(c2)CN(C(=O)C(F)(F)F)CC3)CC1. The number of amides is 2. The van der Waals surface area contributed by atoms with E-state index in [0.29, 0.717) is 16.0 Å². The molecule has 1 fully saturated rings. The van der Waals surface area contributed by atoms with E-state index in [0.717, 1.165) is 0 Å². The molecule has 0 aliphatic carbocycles. The number of carbonyl (C=O) groups excluding carboxylic acids is 2. The first kappa shape index (κ1) is 22.3. The van der Waals surface area contributed by atoms with E-state index in [1.807, 2.05) is 0 Å². The summed E-state index contributed by atoms with van der Waals surface area (Å²) in [5, 5.41) is 0. The van der Waals surface area contributed by atoms with Gasteiger partial charge in [0.2, 0.25) is 10.0 Å². The van der Waals surface area contributed by atoms with Crippen LogP contribution >= 0.6 is 0 Å². The molecule has 1 saturated heterocycles. The average Bonchev–Trinajstić information content (AvgIpc) is 2.72. The summed E-state index contributed by atoms with van der Waals surface area (Å²) < 4.78 is 70.3. The predicted octanol–water partition coefficient (Wildman–Crippen LogP) is 1.60. The van der Waals surface area contributed by atoms with E-state index in [2.05, 4.69) is 0 Å². The van der Waals surface area contributed by atoms with Crippen LogP contribution in [0.2, 0.25) is 0 Å². The van der Waals surface area contributed by atoms with Gasteiger partial charge in [0.1, 0.15) is 0 Å².